The fourth-order valence-corrected chi connectivity index (χ4v) is 3.77. The largest absolute Gasteiger partial charge is 0.397 e. The van der Waals surface area contributed by atoms with Crippen LogP contribution < -0.4 is 16.0 Å². The molecule has 5 heteroatoms. The van der Waals surface area contributed by atoms with Gasteiger partial charge in [-0.05, 0) is 69.2 Å². The summed E-state index contributed by atoms with van der Waals surface area (Å²) in [6.45, 7) is 22.8. The highest BCUT2D eigenvalue weighted by molar-refractivity contribution is 5.62. The topological polar surface area (TPSA) is 74.4 Å². The van der Waals surface area contributed by atoms with E-state index in [0.29, 0.717) is 11.4 Å². The summed E-state index contributed by atoms with van der Waals surface area (Å²) in [5.74, 6) is 1.55. The molecule has 1 aromatic heterocycles. The molecule has 0 aliphatic heterocycles. The van der Waals surface area contributed by atoms with E-state index >= 15 is 0 Å². The van der Waals surface area contributed by atoms with Crippen molar-refractivity contribution in [3.05, 3.63) is 78.4 Å². The van der Waals surface area contributed by atoms with E-state index < -0.39 is 0 Å². The molecule has 1 aromatic rings. The van der Waals surface area contributed by atoms with Gasteiger partial charge in [0.2, 0.25) is 0 Å². The van der Waals surface area contributed by atoms with Crippen molar-refractivity contribution in [2.45, 2.75) is 85.3 Å². The maximum Gasteiger partial charge on any atom is 0.138 e. The van der Waals surface area contributed by atoms with Crippen molar-refractivity contribution in [3.8, 4) is 0 Å². The minimum atomic E-state index is -0.289. The number of pyridine rings is 1. The Morgan fingerprint density at radius 3 is 2.42 bits per heavy atom. The molecule has 2 atom stereocenters. The van der Waals surface area contributed by atoms with Crippen LogP contribution in [0.2, 0.25) is 0 Å². The Labute approximate surface area is 201 Å². The van der Waals surface area contributed by atoms with Gasteiger partial charge >= 0.3 is 0 Å². The Bertz CT molecular complexity index is 869. The molecule has 0 bridgehead atoms. The van der Waals surface area contributed by atoms with Crippen molar-refractivity contribution in [2.75, 3.05) is 4.90 Å². The number of nitrogens with one attached hydrogen (secondary N) is 1. The van der Waals surface area contributed by atoms with Gasteiger partial charge < -0.3 is 21.1 Å². The number of aliphatic hydroxyl groups is 1. The summed E-state index contributed by atoms with van der Waals surface area (Å²) in [6.07, 6.45) is 11.1. The minimum Gasteiger partial charge on any atom is -0.397 e. The lowest BCUT2D eigenvalue weighted by molar-refractivity contribution is 0.161. The fraction of sp³-hybridized carbons (Fsp3) is 0.464. The summed E-state index contributed by atoms with van der Waals surface area (Å²) in [7, 11) is 0. The van der Waals surface area contributed by atoms with E-state index in [4.69, 9.17) is 10.7 Å². The van der Waals surface area contributed by atoms with Crippen molar-refractivity contribution >= 4 is 11.5 Å². The van der Waals surface area contributed by atoms with Crippen molar-refractivity contribution in [2.24, 2.45) is 5.73 Å². The molecular formula is C28H44N4O. The molecule has 0 saturated heterocycles. The van der Waals surface area contributed by atoms with Gasteiger partial charge in [0.25, 0.3) is 0 Å². The van der Waals surface area contributed by atoms with E-state index in [-0.39, 0.29) is 12.1 Å². The average molecular weight is 453 g/mol. The molecule has 0 aromatic carbocycles. The molecule has 0 amide bonds. The van der Waals surface area contributed by atoms with Crippen LogP contribution >= 0.6 is 0 Å². The molecule has 182 valence electrons. The van der Waals surface area contributed by atoms with Gasteiger partial charge in [0.15, 0.2) is 0 Å². The lowest BCUT2D eigenvalue weighted by Gasteiger charge is -2.35. The summed E-state index contributed by atoms with van der Waals surface area (Å²) < 4.78 is 0. The Balaban J connectivity index is 3.25. The third kappa shape index (κ3) is 8.93. The van der Waals surface area contributed by atoms with E-state index in [0.717, 1.165) is 67.0 Å². The molecule has 0 spiro atoms. The van der Waals surface area contributed by atoms with Crippen molar-refractivity contribution in [1.82, 2.24) is 10.3 Å². The van der Waals surface area contributed by atoms with Crippen LogP contribution in [-0.4, -0.2) is 22.2 Å². The van der Waals surface area contributed by atoms with Gasteiger partial charge in [-0.2, -0.15) is 0 Å². The number of aromatic nitrogens is 1. The van der Waals surface area contributed by atoms with Gasteiger partial charge in [0.05, 0.1) is 17.5 Å². The average Bonchev–Trinajstić information content (AvgIpc) is 2.77. The Kier molecular flexibility index (Phi) is 12.3. The lowest BCUT2D eigenvalue weighted by Crippen LogP contribution is -2.40. The SMILES string of the molecule is C=C(/C=C(\C=C/C)CCC(O)CC)NC(=C)N(c1nc(C(=C)N)ccc1C)C(CC)CCC. The van der Waals surface area contributed by atoms with Crippen LogP contribution in [0.15, 0.2) is 67.2 Å². The highest BCUT2D eigenvalue weighted by Crippen LogP contribution is 2.28. The van der Waals surface area contributed by atoms with Crippen LogP contribution in [0.5, 0.6) is 0 Å². The van der Waals surface area contributed by atoms with Crippen LogP contribution in [0.3, 0.4) is 0 Å². The molecule has 4 N–H and O–H groups in total. The summed E-state index contributed by atoms with van der Waals surface area (Å²) in [5, 5.41) is 13.3. The molecular weight excluding hydrogens is 408 g/mol. The van der Waals surface area contributed by atoms with Crippen LogP contribution in [-0.2, 0) is 0 Å². The van der Waals surface area contributed by atoms with Crippen LogP contribution in [0.1, 0.15) is 77.5 Å². The number of aryl methyl sites for hydroxylation is 1. The van der Waals surface area contributed by atoms with E-state index in [1.54, 1.807) is 0 Å². The van der Waals surface area contributed by atoms with Gasteiger partial charge in [0.1, 0.15) is 11.6 Å². The summed E-state index contributed by atoms with van der Waals surface area (Å²) in [5.41, 5.74) is 9.95. The summed E-state index contributed by atoms with van der Waals surface area (Å²) in [4.78, 5) is 6.98. The molecule has 0 aliphatic rings. The first-order chi connectivity index (χ1) is 15.7. The zero-order valence-corrected chi connectivity index (χ0v) is 21.3. The molecule has 0 saturated carbocycles. The third-order valence-corrected chi connectivity index (χ3v) is 5.66. The first kappa shape index (κ1) is 28.2. The van der Waals surface area contributed by atoms with Crippen LogP contribution in [0.4, 0.5) is 5.82 Å². The Morgan fingerprint density at radius 2 is 1.88 bits per heavy atom. The number of hydrogen-bond acceptors (Lipinski definition) is 5. The molecule has 0 fully saturated rings. The van der Waals surface area contributed by atoms with E-state index in [1.165, 1.54) is 0 Å². The first-order valence-electron chi connectivity index (χ1n) is 12.1. The van der Waals surface area contributed by atoms with Gasteiger partial charge in [-0.15, -0.1) is 0 Å². The monoisotopic (exact) mass is 452 g/mol. The highest BCUT2D eigenvalue weighted by Gasteiger charge is 2.23. The highest BCUT2D eigenvalue weighted by atomic mass is 16.3. The first-order valence-corrected chi connectivity index (χ1v) is 12.1. The standard InChI is InChI=1S/C28H44N4O/c1-9-13-24(16-17-26(33)12-4)19-21(6)30-23(8)32(25(11-3)14-10-2)28-20(5)15-18-27(31-28)22(7)29/h9,13,15,18-19,25-26,30,33H,6-8,10-12,14,16-17,29H2,1-5H3/b13-9-,24-19+. The van der Waals surface area contributed by atoms with E-state index in [1.807, 2.05) is 45.1 Å². The molecule has 2 unspecified atom stereocenters. The van der Waals surface area contributed by atoms with E-state index in [9.17, 15) is 5.11 Å². The molecule has 5 nitrogen and oxygen atoms in total. The normalized spacial score (nSPS) is 13.6. The number of aliphatic hydroxyl groups excluding tert-OH is 1. The van der Waals surface area contributed by atoms with Gasteiger partial charge in [-0.3, -0.25) is 0 Å². The maximum atomic E-state index is 9.95. The predicted molar refractivity (Wildman–Crippen MR) is 144 cm³/mol. The number of anilines is 1. The van der Waals surface area contributed by atoms with Crippen molar-refractivity contribution < 1.29 is 5.11 Å². The minimum absolute atomic E-state index is 0.231. The maximum absolute atomic E-state index is 9.95. The number of nitrogens with two attached hydrogens (primary N) is 1. The zero-order valence-electron chi connectivity index (χ0n) is 21.3. The lowest BCUT2D eigenvalue weighted by atomic mass is 10.0. The summed E-state index contributed by atoms with van der Waals surface area (Å²) in [6, 6.07) is 4.15. The Morgan fingerprint density at radius 1 is 1.18 bits per heavy atom. The number of hydrogen-bond donors (Lipinski definition) is 3. The van der Waals surface area contributed by atoms with Crippen molar-refractivity contribution in [3.63, 3.8) is 0 Å². The fourth-order valence-electron chi connectivity index (χ4n) is 3.77. The van der Waals surface area contributed by atoms with Gasteiger partial charge in [-0.25, -0.2) is 4.98 Å². The zero-order chi connectivity index (χ0) is 25.0. The summed E-state index contributed by atoms with van der Waals surface area (Å²) >= 11 is 0. The van der Waals surface area contributed by atoms with Crippen LogP contribution in [0, 0.1) is 6.92 Å². The van der Waals surface area contributed by atoms with Gasteiger partial charge in [0, 0.05) is 11.7 Å². The second-order valence-corrected chi connectivity index (χ2v) is 8.50. The van der Waals surface area contributed by atoms with Gasteiger partial charge in [-0.1, -0.05) is 65.1 Å². The second kappa shape index (κ2) is 14.4. The third-order valence-electron chi connectivity index (χ3n) is 5.66. The predicted octanol–water partition coefficient (Wildman–Crippen LogP) is 6.33. The number of allylic oxidation sites excluding steroid dienone is 4. The number of nitrogens with zero attached hydrogens (tertiary/aromatic N) is 2. The van der Waals surface area contributed by atoms with Crippen LogP contribution in [0.25, 0.3) is 5.70 Å². The second-order valence-electron chi connectivity index (χ2n) is 8.50. The molecule has 1 heterocycles. The Hall–Kier alpha value is -2.79. The smallest absolute Gasteiger partial charge is 0.138 e. The number of rotatable bonds is 15. The molecule has 0 radical (unpaired) electrons. The van der Waals surface area contributed by atoms with E-state index in [2.05, 4.69) is 49.9 Å². The molecule has 33 heavy (non-hydrogen) atoms. The molecule has 0 aliphatic carbocycles. The quantitative estimate of drug-likeness (QED) is 0.271. The van der Waals surface area contributed by atoms with Crippen molar-refractivity contribution in [1.29, 1.82) is 0 Å². The molecule has 1 rings (SSSR count).